The van der Waals surface area contributed by atoms with Gasteiger partial charge in [0.05, 0.1) is 25.5 Å². The molecule has 1 fully saturated rings. The number of carbonyl (C=O) groups is 1. The van der Waals surface area contributed by atoms with Crippen LogP contribution in [0.1, 0.15) is 6.92 Å². The summed E-state index contributed by atoms with van der Waals surface area (Å²) in [6.45, 7) is 3.39. The summed E-state index contributed by atoms with van der Waals surface area (Å²) in [4.78, 5) is 17.4. The Morgan fingerprint density at radius 3 is 2.75 bits per heavy atom. The molecular weight excluding hydrogens is 326 g/mol. The van der Waals surface area contributed by atoms with Crippen molar-refractivity contribution in [2.75, 3.05) is 26.3 Å². The lowest BCUT2D eigenvalue weighted by molar-refractivity contribution is -0.136. The van der Waals surface area contributed by atoms with Gasteiger partial charge in [0.25, 0.3) is 10.0 Å². The molecule has 1 amide bonds. The van der Waals surface area contributed by atoms with Gasteiger partial charge in [-0.2, -0.15) is 4.72 Å². The van der Waals surface area contributed by atoms with Crippen LogP contribution in [0, 0.1) is 0 Å². The maximum Gasteiger partial charge on any atom is 0.252 e. The second-order valence-corrected chi connectivity index (χ2v) is 7.77. The largest absolute Gasteiger partial charge is 0.378 e. The lowest BCUT2D eigenvalue weighted by atomic mass is 10.3. The van der Waals surface area contributed by atoms with Crippen molar-refractivity contribution in [3.05, 3.63) is 10.7 Å². The molecule has 2 heterocycles. The highest BCUT2D eigenvalue weighted by Gasteiger charge is 2.27. The number of amides is 1. The summed E-state index contributed by atoms with van der Waals surface area (Å²) in [5, 5.41) is 0. The number of aromatic nitrogens is 1. The van der Waals surface area contributed by atoms with Gasteiger partial charge in [0, 0.05) is 13.1 Å². The monoisotopic (exact) mass is 339 g/mol. The lowest BCUT2D eigenvalue weighted by Crippen LogP contribution is -2.50. The number of hydrogen-bond acceptors (Lipinski definition) is 6. The van der Waals surface area contributed by atoms with Crippen molar-refractivity contribution < 1.29 is 17.9 Å². The average molecular weight is 340 g/mol. The Balaban J connectivity index is 2.03. The molecule has 0 aliphatic carbocycles. The van der Waals surface area contributed by atoms with E-state index in [2.05, 4.69) is 9.71 Å². The molecule has 1 aliphatic rings. The maximum atomic E-state index is 12.1. The Kier molecular flexibility index (Phi) is 4.97. The van der Waals surface area contributed by atoms with Crippen molar-refractivity contribution in [1.29, 1.82) is 0 Å². The van der Waals surface area contributed by atoms with Gasteiger partial charge in [-0.05, 0) is 6.92 Å². The zero-order valence-electron chi connectivity index (χ0n) is 10.7. The van der Waals surface area contributed by atoms with E-state index >= 15 is 0 Å². The molecule has 2 rings (SSSR count). The Hall–Kier alpha value is -0.740. The molecule has 7 nitrogen and oxygen atoms in total. The van der Waals surface area contributed by atoms with Crippen LogP contribution in [-0.2, 0) is 19.6 Å². The third-order valence-corrected chi connectivity index (χ3v) is 5.86. The third kappa shape index (κ3) is 3.67. The third-order valence-electron chi connectivity index (χ3n) is 2.75. The number of halogens is 1. The molecule has 1 atom stereocenters. The van der Waals surface area contributed by atoms with E-state index in [-0.39, 0.29) is 14.6 Å². The van der Waals surface area contributed by atoms with Gasteiger partial charge < -0.3 is 9.64 Å². The highest BCUT2D eigenvalue weighted by atomic mass is 35.5. The first kappa shape index (κ1) is 15.6. The Bertz CT molecular complexity index is 583. The number of nitrogens with one attached hydrogen (secondary N) is 1. The van der Waals surface area contributed by atoms with E-state index in [1.807, 2.05) is 0 Å². The predicted molar refractivity (Wildman–Crippen MR) is 74.3 cm³/mol. The number of carbonyl (C=O) groups excluding carboxylic acids is 1. The molecule has 0 spiro atoms. The molecule has 1 saturated heterocycles. The van der Waals surface area contributed by atoms with Crippen LogP contribution in [0.25, 0.3) is 0 Å². The van der Waals surface area contributed by atoms with Crippen LogP contribution < -0.4 is 4.72 Å². The molecule has 112 valence electrons. The van der Waals surface area contributed by atoms with E-state index in [0.717, 1.165) is 11.3 Å². The molecule has 10 heteroatoms. The van der Waals surface area contributed by atoms with Crippen LogP contribution in [0.4, 0.5) is 0 Å². The van der Waals surface area contributed by atoms with Gasteiger partial charge in [0.15, 0.2) is 8.68 Å². The molecule has 1 aromatic rings. The first-order chi connectivity index (χ1) is 9.40. The van der Waals surface area contributed by atoms with E-state index in [0.29, 0.717) is 26.3 Å². The van der Waals surface area contributed by atoms with Gasteiger partial charge in [0.2, 0.25) is 5.91 Å². The van der Waals surface area contributed by atoms with Gasteiger partial charge in [-0.1, -0.05) is 22.9 Å². The fourth-order valence-electron chi connectivity index (χ4n) is 1.76. The summed E-state index contributed by atoms with van der Waals surface area (Å²) in [5.41, 5.74) is 0. The van der Waals surface area contributed by atoms with Crippen LogP contribution in [0.2, 0.25) is 4.47 Å². The van der Waals surface area contributed by atoms with Crippen LogP contribution in [0.3, 0.4) is 0 Å². The molecule has 0 radical (unpaired) electrons. The van der Waals surface area contributed by atoms with Crippen molar-refractivity contribution >= 4 is 38.9 Å². The fraction of sp³-hybridized carbons (Fsp3) is 0.600. The van der Waals surface area contributed by atoms with Crippen LogP contribution in [0.5, 0.6) is 0 Å². The van der Waals surface area contributed by atoms with E-state index < -0.39 is 16.1 Å². The quantitative estimate of drug-likeness (QED) is 0.853. The van der Waals surface area contributed by atoms with Crippen molar-refractivity contribution in [3.8, 4) is 0 Å². The van der Waals surface area contributed by atoms with Crippen molar-refractivity contribution in [1.82, 2.24) is 14.6 Å². The number of nitrogens with zero attached hydrogens (tertiary/aromatic N) is 2. The first-order valence-electron chi connectivity index (χ1n) is 5.90. The zero-order chi connectivity index (χ0) is 14.8. The van der Waals surface area contributed by atoms with Gasteiger partial charge in [-0.25, -0.2) is 13.4 Å². The van der Waals surface area contributed by atoms with E-state index in [1.54, 1.807) is 4.90 Å². The zero-order valence-corrected chi connectivity index (χ0v) is 13.1. The molecule has 1 aromatic heterocycles. The lowest BCUT2D eigenvalue weighted by Gasteiger charge is -2.29. The molecule has 0 aromatic carbocycles. The number of morpholine rings is 1. The van der Waals surface area contributed by atoms with Crippen molar-refractivity contribution in [2.45, 2.75) is 17.2 Å². The van der Waals surface area contributed by atoms with E-state index in [1.165, 1.54) is 13.1 Å². The normalized spacial score (nSPS) is 18.0. The smallest absolute Gasteiger partial charge is 0.252 e. The number of rotatable bonds is 4. The van der Waals surface area contributed by atoms with E-state index in [4.69, 9.17) is 16.3 Å². The van der Waals surface area contributed by atoms with Crippen LogP contribution in [-0.4, -0.2) is 56.6 Å². The standard InChI is InChI=1S/C10H14ClN3O4S2/c1-7(9(15)14-2-4-18-5-3-14)13-20(16,17)8-6-12-10(11)19-8/h6-7,13H,2-5H2,1H3. The van der Waals surface area contributed by atoms with Gasteiger partial charge in [-0.15, -0.1) is 0 Å². The number of ether oxygens (including phenoxy) is 1. The molecule has 0 bridgehead atoms. The molecular formula is C10H14ClN3O4S2. The molecule has 1 aliphatic heterocycles. The minimum absolute atomic E-state index is 0.0101. The average Bonchev–Trinajstić information content (AvgIpc) is 2.86. The van der Waals surface area contributed by atoms with Crippen molar-refractivity contribution in [3.63, 3.8) is 0 Å². The van der Waals surface area contributed by atoms with Crippen LogP contribution in [0.15, 0.2) is 10.4 Å². The molecule has 0 saturated carbocycles. The number of thiazole rings is 1. The second-order valence-electron chi connectivity index (χ2n) is 4.21. The molecule has 20 heavy (non-hydrogen) atoms. The molecule has 1 unspecified atom stereocenters. The van der Waals surface area contributed by atoms with Crippen LogP contribution >= 0.6 is 22.9 Å². The summed E-state index contributed by atoms with van der Waals surface area (Å²) in [6, 6.07) is -0.848. The Labute approximate surface area is 125 Å². The number of hydrogen-bond donors (Lipinski definition) is 1. The highest BCUT2D eigenvalue weighted by molar-refractivity contribution is 7.91. The summed E-state index contributed by atoms with van der Waals surface area (Å²) < 4.78 is 31.7. The van der Waals surface area contributed by atoms with E-state index in [9.17, 15) is 13.2 Å². The summed E-state index contributed by atoms with van der Waals surface area (Å²) >= 11 is 6.46. The highest BCUT2D eigenvalue weighted by Crippen LogP contribution is 2.22. The maximum absolute atomic E-state index is 12.1. The predicted octanol–water partition coefficient (Wildman–Crippen LogP) is 0.322. The van der Waals surface area contributed by atoms with Gasteiger partial charge in [-0.3, -0.25) is 4.79 Å². The van der Waals surface area contributed by atoms with Gasteiger partial charge >= 0.3 is 0 Å². The second kappa shape index (κ2) is 6.35. The fourth-order valence-corrected chi connectivity index (χ4v) is 4.27. The summed E-state index contributed by atoms with van der Waals surface area (Å²) in [5.74, 6) is -0.271. The minimum atomic E-state index is -3.78. The summed E-state index contributed by atoms with van der Waals surface area (Å²) in [7, 11) is -3.78. The first-order valence-corrected chi connectivity index (χ1v) is 8.58. The number of sulfonamides is 1. The Morgan fingerprint density at radius 1 is 1.55 bits per heavy atom. The van der Waals surface area contributed by atoms with Crippen molar-refractivity contribution in [2.24, 2.45) is 0 Å². The Morgan fingerprint density at radius 2 is 2.20 bits per heavy atom. The summed E-state index contributed by atoms with van der Waals surface area (Å²) in [6.07, 6.45) is 1.17. The molecule has 1 N–H and O–H groups in total. The topological polar surface area (TPSA) is 88.6 Å². The SMILES string of the molecule is CC(NS(=O)(=O)c1cnc(Cl)s1)C(=O)N1CCOCC1. The minimum Gasteiger partial charge on any atom is -0.378 e. The van der Waals surface area contributed by atoms with Gasteiger partial charge in [0.1, 0.15) is 0 Å².